The van der Waals surface area contributed by atoms with E-state index in [1.165, 1.54) is 69.3 Å². The molecule has 2 atom stereocenters. The largest absolute Gasteiger partial charge is 0.264 e. The summed E-state index contributed by atoms with van der Waals surface area (Å²) in [6, 6.07) is 59.2. The molecule has 0 amide bonds. The molecule has 6 aromatic carbocycles. The third-order valence-corrected chi connectivity index (χ3v) is 17.6. The lowest BCUT2D eigenvalue weighted by Crippen LogP contribution is -2.01. The Morgan fingerprint density at radius 1 is 0.321 bits per heavy atom. The predicted octanol–water partition coefficient (Wildman–Crippen LogP) is 27.1. The fourth-order valence-electron chi connectivity index (χ4n) is 10.8. The van der Waals surface area contributed by atoms with Crippen LogP contribution in [0.15, 0.2) is 219 Å². The number of hydrogen-bond acceptors (Lipinski definition) is 6. The van der Waals surface area contributed by atoms with E-state index in [1.54, 1.807) is 37.6 Å². The molecule has 0 saturated carbocycles. The number of aryl methyl sites for hydroxylation is 6. The third-order valence-electron chi connectivity index (χ3n) is 17.6. The van der Waals surface area contributed by atoms with Crippen LogP contribution in [-0.2, 0) is 44.9 Å². The third kappa shape index (κ3) is 43.3. The number of benzene rings is 6. The van der Waals surface area contributed by atoms with Crippen LogP contribution in [0.4, 0.5) is 13.2 Å². The Morgan fingerprint density at radius 2 is 0.849 bits per heavy atom. The van der Waals surface area contributed by atoms with Crippen LogP contribution in [0.25, 0.3) is 0 Å². The molecule has 4 heterocycles. The Bertz CT molecular complexity index is 3780. The van der Waals surface area contributed by atoms with E-state index in [2.05, 4.69) is 304 Å². The molecule has 106 heavy (non-hydrogen) atoms. The second kappa shape index (κ2) is 53.4. The Hall–Kier alpha value is -8.43. The van der Waals surface area contributed by atoms with Crippen LogP contribution in [0, 0.1) is 86.6 Å². The van der Waals surface area contributed by atoms with Gasteiger partial charge in [0, 0.05) is 37.2 Å². The van der Waals surface area contributed by atoms with Crippen LogP contribution in [0.2, 0.25) is 0 Å². The van der Waals surface area contributed by atoms with Gasteiger partial charge in [0.15, 0.2) is 0 Å². The highest BCUT2D eigenvalue weighted by atomic mass is 19.1. The van der Waals surface area contributed by atoms with Crippen LogP contribution in [-0.4, -0.2) is 30.1 Å². The molecule has 6 nitrogen and oxygen atoms in total. The summed E-state index contributed by atoms with van der Waals surface area (Å²) >= 11 is 0. The molecular weight excluding hydrogens is 1310 g/mol. The molecule has 574 valence electrons. The number of halogens is 3. The smallest absolute Gasteiger partial charge is 0.141 e. The summed E-state index contributed by atoms with van der Waals surface area (Å²) in [5.41, 5.74) is 17.8. The quantitative estimate of drug-likeness (QED) is 0.0757. The van der Waals surface area contributed by atoms with Gasteiger partial charge in [-0.2, -0.15) is 10.2 Å². The Labute approximate surface area is 642 Å². The highest BCUT2D eigenvalue weighted by Gasteiger charge is 2.11. The molecule has 10 aromatic rings. The number of nitrogens with zero attached hydrogens (tertiary/aromatic N) is 6. The number of rotatable bonds is 20. The van der Waals surface area contributed by atoms with Crippen molar-refractivity contribution in [1.82, 2.24) is 30.1 Å². The lowest BCUT2D eigenvalue weighted by molar-refractivity contribution is 0.533. The standard InChI is InChI=1S/C16H20N2.C12H18.2C11H15F.C11H16.C10H15N.C9H12FN.C9H12.C8H12N2/c1-13(2)16-12-11-15(17-18-16)10-6-9-14-7-4-3-5-8-14;1-9(2)11(4)12-7-5-10(3)6-8-12;1-8(2)6-10-4-5-11(12)9(3)7-10;1-8(2)7-10-9(3)5-4-6-11(10)12;1-9(2)8-11-6-4-10(3)5-7-11;1-8(2)9(3)10-5-4-6-11-7-10;1-7(2)3-8-4-9(10)6-11-5-8;1-8(2)9-6-4-3-5-7-9;1-7(2)5-8-6-9-3-4-10-8/h3-5,7-8,11-13H,6,9-10H2,1-2H3;5-9,11H,1-4H3;4-5,7-8H,6H2,1-3H3;4-6,8H,7H2,1-3H3;4-7,9H,8H2,1-3H3;4-9H,1-3H3;4-7H,3H2,1-2H3;3-8H,1-2H3;3-4,6-7H,5H2,1-2H3/t;11-;;;;;;;/m.0......./s1. The van der Waals surface area contributed by atoms with Crippen LogP contribution in [0.5, 0.6) is 0 Å². The van der Waals surface area contributed by atoms with Gasteiger partial charge in [0.25, 0.3) is 0 Å². The van der Waals surface area contributed by atoms with Crippen LogP contribution in [0.3, 0.4) is 0 Å². The normalized spacial score (nSPS) is 11.2. The zero-order chi connectivity index (χ0) is 79.1. The fourth-order valence-corrected chi connectivity index (χ4v) is 10.8. The van der Waals surface area contributed by atoms with Gasteiger partial charge in [-0.25, -0.2) is 13.2 Å². The second-order valence-electron chi connectivity index (χ2n) is 31.6. The Morgan fingerprint density at radius 3 is 1.32 bits per heavy atom. The highest BCUT2D eigenvalue weighted by Crippen LogP contribution is 2.25. The molecule has 0 spiro atoms. The molecule has 10 rings (SSSR count). The number of aromatic nitrogens is 6. The van der Waals surface area contributed by atoms with Gasteiger partial charge in [0.05, 0.1) is 23.3 Å². The predicted molar refractivity (Wildman–Crippen MR) is 449 cm³/mol. The minimum absolute atomic E-state index is 0.0660. The monoisotopic (exact) mass is 1440 g/mol. The summed E-state index contributed by atoms with van der Waals surface area (Å²) in [6.45, 7) is 51.8. The number of hydrogen-bond donors (Lipinski definition) is 0. The summed E-state index contributed by atoms with van der Waals surface area (Å²) in [4.78, 5) is 16.0. The first kappa shape index (κ1) is 93.7. The Kier molecular flexibility index (Phi) is 47.1. The van der Waals surface area contributed by atoms with Gasteiger partial charge in [0.2, 0.25) is 0 Å². The minimum Gasteiger partial charge on any atom is -0.264 e. The van der Waals surface area contributed by atoms with Crippen molar-refractivity contribution in [3.8, 4) is 0 Å². The molecule has 9 heteroatoms. The van der Waals surface area contributed by atoms with Crippen molar-refractivity contribution in [2.75, 3.05) is 0 Å². The van der Waals surface area contributed by atoms with Gasteiger partial charge in [-0.15, -0.1) is 0 Å². The lowest BCUT2D eigenvalue weighted by Gasteiger charge is -2.15. The van der Waals surface area contributed by atoms with Crippen molar-refractivity contribution in [3.63, 3.8) is 0 Å². The maximum atomic E-state index is 13.2. The molecule has 0 saturated heterocycles. The van der Waals surface area contributed by atoms with Crippen molar-refractivity contribution in [1.29, 1.82) is 0 Å². The number of pyridine rings is 2. The van der Waals surface area contributed by atoms with E-state index in [-0.39, 0.29) is 17.5 Å². The van der Waals surface area contributed by atoms with E-state index < -0.39 is 0 Å². The average Bonchev–Trinajstić information content (AvgIpc) is 0.882. The summed E-state index contributed by atoms with van der Waals surface area (Å²) in [5, 5.41) is 8.53. The van der Waals surface area contributed by atoms with Crippen molar-refractivity contribution < 1.29 is 13.2 Å². The molecule has 0 aliphatic carbocycles. The van der Waals surface area contributed by atoms with E-state index in [1.807, 2.05) is 55.8 Å². The lowest BCUT2D eigenvalue weighted by atomic mass is 9.90. The average molecular weight is 1440 g/mol. The first-order chi connectivity index (χ1) is 50.2. The van der Waals surface area contributed by atoms with Crippen LogP contribution < -0.4 is 0 Å². The Balaban J connectivity index is 0.000000408. The minimum atomic E-state index is -0.247. The summed E-state index contributed by atoms with van der Waals surface area (Å²) in [5.74, 6) is 6.53. The summed E-state index contributed by atoms with van der Waals surface area (Å²) in [6.07, 6.45) is 20.2. The molecule has 0 bridgehead atoms. The molecule has 0 aliphatic heterocycles. The van der Waals surface area contributed by atoms with Crippen molar-refractivity contribution in [2.24, 2.45) is 41.4 Å². The van der Waals surface area contributed by atoms with Gasteiger partial charge >= 0.3 is 0 Å². The van der Waals surface area contributed by atoms with E-state index in [0.29, 0.717) is 53.3 Å². The van der Waals surface area contributed by atoms with Crippen LogP contribution >= 0.6 is 0 Å². The molecule has 1 unspecified atom stereocenters. The maximum Gasteiger partial charge on any atom is 0.141 e. The van der Waals surface area contributed by atoms with Gasteiger partial charge in [-0.3, -0.25) is 19.9 Å². The molecule has 0 radical (unpaired) electrons. The molecule has 0 N–H and O–H groups in total. The topological polar surface area (TPSA) is 77.3 Å². The zero-order valence-electron chi connectivity index (χ0n) is 69.6. The zero-order valence-corrected chi connectivity index (χ0v) is 69.6. The molecule has 0 fully saturated rings. The van der Waals surface area contributed by atoms with Crippen molar-refractivity contribution >= 4 is 0 Å². The summed E-state index contributed by atoms with van der Waals surface area (Å²) in [7, 11) is 0. The van der Waals surface area contributed by atoms with Crippen LogP contribution in [0.1, 0.15) is 252 Å². The van der Waals surface area contributed by atoms with Gasteiger partial charge in [0.1, 0.15) is 17.5 Å². The first-order valence-electron chi connectivity index (χ1n) is 39.0. The molecule has 0 aliphatic rings. The van der Waals surface area contributed by atoms with Crippen molar-refractivity contribution in [2.45, 2.75) is 241 Å². The SMILES string of the molecule is CC(C)C(C)c1cccnc1.CC(C)Cc1cncc(F)c1.CC(C)Cc1cnccn1.CC(C)c1ccc(CCCc2ccccc2)nn1.CC(C)c1ccccc1.Cc1cc(CC(C)C)ccc1F.Cc1ccc(CC(C)C)cc1.Cc1ccc([C@@H](C)C(C)C)cc1.Cc1cccc(F)c1CC(C)C. The molecule has 4 aromatic heterocycles. The van der Waals surface area contributed by atoms with Gasteiger partial charge in [-0.05, 0) is 236 Å². The van der Waals surface area contributed by atoms with Crippen molar-refractivity contribution in [3.05, 3.63) is 321 Å². The van der Waals surface area contributed by atoms with E-state index in [4.69, 9.17) is 0 Å². The van der Waals surface area contributed by atoms with E-state index >= 15 is 0 Å². The molecular formula is C97H135F3N6. The first-order valence-corrected chi connectivity index (χ1v) is 39.0. The van der Waals surface area contributed by atoms with Gasteiger partial charge in [-0.1, -0.05) is 289 Å². The fraction of sp³-hybridized carbons (Fsp3) is 0.443. The van der Waals surface area contributed by atoms with Gasteiger partial charge < -0.3 is 0 Å². The summed E-state index contributed by atoms with van der Waals surface area (Å²) < 4.78 is 38.6. The maximum absolute atomic E-state index is 13.2. The van der Waals surface area contributed by atoms with E-state index in [0.717, 1.165) is 96.1 Å². The highest BCUT2D eigenvalue weighted by molar-refractivity contribution is 5.29. The van der Waals surface area contributed by atoms with E-state index in [9.17, 15) is 13.2 Å². The second-order valence-corrected chi connectivity index (χ2v) is 31.6.